The summed E-state index contributed by atoms with van der Waals surface area (Å²) in [4.78, 5) is 0. The third kappa shape index (κ3) is 6.27. The predicted octanol–water partition coefficient (Wildman–Crippen LogP) is 3.97. The molecule has 0 saturated heterocycles. The van der Waals surface area contributed by atoms with E-state index in [1.807, 2.05) is 0 Å². The lowest BCUT2D eigenvalue weighted by Gasteiger charge is -2.04. The Morgan fingerprint density at radius 3 is 2.00 bits per heavy atom. The quantitative estimate of drug-likeness (QED) is 0.411. The maximum absolute atomic E-state index is 2.34. The van der Waals surface area contributed by atoms with Crippen molar-refractivity contribution in [2.24, 2.45) is 0 Å². The van der Waals surface area contributed by atoms with Gasteiger partial charge >= 0.3 is 0 Å². The van der Waals surface area contributed by atoms with Gasteiger partial charge in [-0.2, -0.15) is 0 Å². The second-order valence-electron chi connectivity index (χ2n) is 3.25. The molecule has 0 radical (unpaired) electrons. The molecule has 0 aliphatic heterocycles. The highest BCUT2D eigenvalue weighted by atomic mass is 13.8. The maximum Gasteiger partial charge on any atom is 0.166 e. The molecular formula is C11H21B. The second kappa shape index (κ2) is 8.64. The van der Waals surface area contributed by atoms with Gasteiger partial charge in [0, 0.05) is 0 Å². The fourth-order valence-electron chi connectivity index (χ4n) is 1.41. The lowest BCUT2D eigenvalue weighted by atomic mass is 9.44. The molecule has 0 atom stereocenters. The van der Waals surface area contributed by atoms with E-state index < -0.39 is 0 Å². The Balaban J connectivity index is 3.75. The van der Waals surface area contributed by atoms with Crippen LogP contribution >= 0.6 is 0 Å². The van der Waals surface area contributed by atoms with E-state index in [9.17, 15) is 0 Å². The summed E-state index contributed by atoms with van der Waals surface area (Å²) >= 11 is 0. The third-order valence-corrected chi connectivity index (χ3v) is 2.01. The van der Waals surface area contributed by atoms with Crippen LogP contribution in [0.4, 0.5) is 0 Å². The van der Waals surface area contributed by atoms with Crippen LogP contribution in [0.3, 0.4) is 0 Å². The average Bonchev–Trinajstić information content (AvgIpc) is 2.06. The molecular weight excluding hydrogens is 143 g/mol. The fourth-order valence-corrected chi connectivity index (χ4v) is 1.41. The molecule has 0 aliphatic carbocycles. The van der Waals surface area contributed by atoms with E-state index in [-0.39, 0.29) is 0 Å². The van der Waals surface area contributed by atoms with Crippen LogP contribution in [0.2, 0.25) is 12.6 Å². The number of hydrogen-bond acceptors (Lipinski definition) is 0. The standard InChI is InChI=1S/C11H21B/c1-4-7-8-11-12(9-5-2)10-6-3/h4,7-8,11H,5-6,9-10H2,1-3H3. The molecule has 0 aromatic carbocycles. The van der Waals surface area contributed by atoms with Crippen LogP contribution in [0.1, 0.15) is 33.6 Å². The molecule has 68 valence electrons. The molecule has 0 amide bonds. The first-order chi connectivity index (χ1) is 5.85. The van der Waals surface area contributed by atoms with Crippen LogP contribution in [0, 0.1) is 0 Å². The van der Waals surface area contributed by atoms with Crippen molar-refractivity contribution < 1.29 is 0 Å². The Kier molecular flexibility index (Phi) is 8.31. The average molecular weight is 164 g/mol. The summed E-state index contributed by atoms with van der Waals surface area (Å²) in [5, 5.41) is 0. The van der Waals surface area contributed by atoms with Crippen molar-refractivity contribution in [3.63, 3.8) is 0 Å². The SMILES string of the molecule is CC=CC=CB(CCC)CCC. The topological polar surface area (TPSA) is 0 Å². The Bertz CT molecular complexity index is 130. The molecule has 0 N–H and O–H groups in total. The molecule has 0 spiro atoms. The molecule has 0 fully saturated rings. The van der Waals surface area contributed by atoms with Crippen LogP contribution < -0.4 is 0 Å². The lowest BCUT2D eigenvalue weighted by molar-refractivity contribution is 1.01. The molecule has 0 bridgehead atoms. The normalized spacial score (nSPS) is 11.6. The first-order valence-electron chi connectivity index (χ1n) is 5.14. The summed E-state index contributed by atoms with van der Waals surface area (Å²) in [6.07, 6.45) is 11.6. The third-order valence-electron chi connectivity index (χ3n) is 2.01. The lowest BCUT2D eigenvalue weighted by Crippen LogP contribution is -2.07. The summed E-state index contributed by atoms with van der Waals surface area (Å²) in [5.74, 6) is 2.34. The minimum Gasteiger partial charge on any atom is -0.115 e. The Labute approximate surface area is 77.8 Å². The zero-order chi connectivity index (χ0) is 9.23. The van der Waals surface area contributed by atoms with Gasteiger partial charge in [-0.1, -0.05) is 57.6 Å². The summed E-state index contributed by atoms with van der Waals surface area (Å²) in [5.41, 5.74) is 0. The summed E-state index contributed by atoms with van der Waals surface area (Å²) in [7, 11) is 0. The Morgan fingerprint density at radius 1 is 1.00 bits per heavy atom. The minimum atomic E-state index is 0.802. The largest absolute Gasteiger partial charge is 0.166 e. The highest BCUT2D eigenvalue weighted by Crippen LogP contribution is 2.07. The highest BCUT2D eigenvalue weighted by Gasteiger charge is 2.05. The van der Waals surface area contributed by atoms with Gasteiger partial charge in [-0.05, 0) is 6.92 Å². The van der Waals surface area contributed by atoms with Gasteiger partial charge in [-0.25, -0.2) is 0 Å². The van der Waals surface area contributed by atoms with E-state index in [1.54, 1.807) is 0 Å². The number of rotatable bonds is 6. The molecule has 0 heterocycles. The van der Waals surface area contributed by atoms with Crippen LogP contribution in [0.15, 0.2) is 24.2 Å². The predicted molar refractivity (Wildman–Crippen MR) is 59.9 cm³/mol. The smallest absolute Gasteiger partial charge is 0.115 e. The van der Waals surface area contributed by atoms with E-state index in [1.165, 1.54) is 25.5 Å². The van der Waals surface area contributed by atoms with Gasteiger partial charge in [0.2, 0.25) is 0 Å². The van der Waals surface area contributed by atoms with Gasteiger partial charge in [0.1, 0.15) is 0 Å². The van der Waals surface area contributed by atoms with Crippen LogP contribution in [-0.2, 0) is 0 Å². The van der Waals surface area contributed by atoms with E-state index in [0.717, 1.165) is 6.71 Å². The van der Waals surface area contributed by atoms with Crippen molar-refractivity contribution in [1.29, 1.82) is 0 Å². The minimum absolute atomic E-state index is 0.802. The van der Waals surface area contributed by atoms with Gasteiger partial charge in [0.25, 0.3) is 0 Å². The molecule has 1 heteroatoms. The molecule has 12 heavy (non-hydrogen) atoms. The van der Waals surface area contributed by atoms with E-state index in [2.05, 4.69) is 45.0 Å². The van der Waals surface area contributed by atoms with Gasteiger partial charge in [0.15, 0.2) is 6.71 Å². The van der Waals surface area contributed by atoms with Crippen LogP contribution in [-0.4, -0.2) is 6.71 Å². The van der Waals surface area contributed by atoms with Crippen molar-refractivity contribution in [2.45, 2.75) is 46.3 Å². The summed E-state index contributed by atoms with van der Waals surface area (Å²) in [6, 6.07) is 0. The molecule has 0 unspecified atom stereocenters. The Hall–Kier alpha value is -0.455. The van der Waals surface area contributed by atoms with E-state index >= 15 is 0 Å². The van der Waals surface area contributed by atoms with Crippen molar-refractivity contribution in [1.82, 2.24) is 0 Å². The molecule has 0 aromatic rings. The van der Waals surface area contributed by atoms with E-state index in [0.29, 0.717) is 0 Å². The van der Waals surface area contributed by atoms with Gasteiger partial charge < -0.3 is 0 Å². The number of hydrogen-bond donors (Lipinski definition) is 0. The molecule has 0 aromatic heterocycles. The van der Waals surface area contributed by atoms with Gasteiger partial charge in [0.05, 0.1) is 0 Å². The van der Waals surface area contributed by atoms with Crippen molar-refractivity contribution in [2.75, 3.05) is 0 Å². The van der Waals surface area contributed by atoms with Crippen LogP contribution in [0.25, 0.3) is 0 Å². The van der Waals surface area contributed by atoms with Crippen molar-refractivity contribution >= 4 is 6.71 Å². The maximum atomic E-state index is 2.34. The zero-order valence-corrected chi connectivity index (χ0v) is 8.72. The van der Waals surface area contributed by atoms with Gasteiger partial charge in [-0.3, -0.25) is 0 Å². The fraction of sp³-hybridized carbons (Fsp3) is 0.636. The highest BCUT2D eigenvalue weighted by molar-refractivity contribution is 6.64. The molecule has 0 saturated carbocycles. The Morgan fingerprint density at radius 2 is 1.58 bits per heavy atom. The molecule has 0 rings (SSSR count). The molecule has 0 aliphatic rings. The van der Waals surface area contributed by atoms with Crippen LogP contribution in [0.5, 0.6) is 0 Å². The van der Waals surface area contributed by atoms with Gasteiger partial charge in [-0.15, -0.1) is 5.98 Å². The first-order valence-corrected chi connectivity index (χ1v) is 5.14. The monoisotopic (exact) mass is 164 g/mol. The van der Waals surface area contributed by atoms with E-state index in [4.69, 9.17) is 0 Å². The first kappa shape index (κ1) is 11.5. The second-order valence-corrected chi connectivity index (χ2v) is 3.25. The number of allylic oxidation sites excluding steroid dienone is 3. The van der Waals surface area contributed by atoms with Crippen molar-refractivity contribution in [3.8, 4) is 0 Å². The molecule has 0 nitrogen and oxygen atoms in total. The summed E-state index contributed by atoms with van der Waals surface area (Å²) in [6.45, 7) is 7.37. The van der Waals surface area contributed by atoms with Crippen molar-refractivity contribution in [3.05, 3.63) is 24.2 Å². The summed E-state index contributed by atoms with van der Waals surface area (Å²) < 4.78 is 0. The zero-order valence-electron chi connectivity index (χ0n) is 8.72.